The summed E-state index contributed by atoms with van der Waals surface area (Å²) in [6.07, 6.45) is 5.63. The van der Waals surface area contributed by atoms with Gasteiger partial charge in [-0.1, -0.05) is 6.58 Å². The third-order valence-electron chi connectivity index (χ3n) is 3.05. The van der Waals surface area contributed by atoms with E-state index in [9.17, 15) is 5.11 Å². The average Bonchev–Trinajstić information content (AvgIpc) is 2.01. The predicted molar refractivity (Wildman–Crippen MR) is 48.7 cm³/mol. The summed E-state index contributed by atoms with van der Waals surface area (Å²) in [4.78, 5) is 2.40. The number of piperidine rings is 1. The van der Waals surface area contributed by atoms with Gasteiger partial charge in [0, 0.05) is 18.3 Å². The van der Waals surface area contributed by atoms with Crippen LogP contribution in [0.25, 0.3) is 0 Å². The third-order valence-corrected chi connectivity index (χ3v) is 3.05. The molecule has 1 N–H and O–H groups in total. The van der Waals surface area contributed by atoms with Gasteiger partial charge in [0.1, 0.15) is 0 Å². The molecule has 1 aliphatic heterocycles. The fourth-order valence-electron chi connectivity index (χ4n) is 2.17. The highest BCUT2D eigenvalue weighted by atomic mass is 16.3. The first-order valence-electron chi connectivity index (χ1n) is 4.90. The summed E-state index contributed by atoms with van der Waals surface area (Å²) < 4.78 is 0. The lowest BCUT2D eigenvalue weighted by molar-refractivity contribution is 0.00999. The van der Waals surface area contributed by atoms with Crippen LogP contribution in [0, 0.1) is 0 Å². The van der Waals surface area contributed by atoms with Gasteiger partial charge in [0.05, 0.1) is 6.10 Å². The first kappa shape index (κ1) is 8.11. The molecule has 2 heteroatoms. The van der Waals surface area contributed by atoms with E-state index >= 15 is 0 Å². The van der Waals surface area contributed by atoms with E-state index in [1.165, 1.54) is 18.5 Å². The van der Waals surface area contributed by atoms with Crippen molar-refractivity contribution >= 4 is 0 Å². The van der Waals surface area contributed by atoms with Crippen molar-refractivity contribution in [3.8, 4) is 0 Å². The molecule has 12 heavy (non-hydrogen) atoms. The summed E-state index contributed by atoms with van der Waals surface area (Å²) >= 11 is 0. The second-order valence-electron chi connectivity index (χ2n) is 4.00. The van der Waals surface area contributed by atoms with Crippen LogP contribution >= 0.6 is 0 Å². The molecule has 2 nitrogen and oxygen atoms in total. The lowest BCUT2D eigenvalue weighted by Gasteiger charge is -2.44. The highest BCUT2D eigenvalue weighted by molar-refractivity contribution is 5.03. The van der Waals surface area contributed by atoms with E-state index in [2.05, 4.69) is 11.5 Å². The van der Waals surface area contributed by atoms with Crippen molar-refractivity contribution in [2.75, 3.05) is 6.54 Å². The molecule has 0 aromatic rings. The Bertz CT molecular complexity index is 184. The molecule has 0 spiro atoms. The van der Waals surface area contributed by atoms with Crippen LogP contribution in [0.4, 0.5) is 0 Å². The summed E-state index contributed by atoms with van der Waals surface area (Å²) in [6.45, 7) is 5.23. The lowest BCUT2D eigenvalue weighted by Crippen LogP contribution is -2.47. The van der Waals surface area contributed by atoms with Crippen LogP contribution in [-0.2, 0) is 0 Å². The van der Waals surface area contributed by atoms with Crippen molar-refractivity contribution in [3.05, 3.63) is 12.3 Å². The van der Waals surface area contributed by atoms with Crippen molar-refractivity contribution in [1.82, 2.24) is 4.90 Å². The quantitative estimate of drug-likeness (QED) is 0.640. The topological polar surface area (TPSA) is 23.5 Å². The van der Waals surface area contributed by atoms with Gasteiger partial charge in [-0.15, -0.1) is 0 Å². The van der Waals surface area contributed by atoms with Crippen LogP contribution in [0.1, 0.15) is 32.1 Å². The van der Waals surface area contributed by atoms with Crippen molar-refractivity contribution in [2.45, 2.75) is 44.2 Å². The molecule has 2 fully saturated rings. The maximum atomic E-state index is 9.18. The molecule has 68 valence electrons. The minimum Gasteiger partial charge on any atom is -0.393 e. The Morgan fingerprint density at radius 1 is 1.33 bits per heavy atom. The van der Waals surface area contributed by atoms with Crippen LogP contribution in [0.15, 0.2) is 12.3 Å². The van der Waals surface area contributed by atoms with Crippen molar-refractivity contribution < 1.29 is 5.11 Å². The highest BCUT2D eigenvalue weighted by Gasteiger charge is 2.33. The second-order valence-corrected chi connectivity index (χ2v) is 4.00. The zero-order chi connectivity index (χ0) is 8.55. The number of aliphatic hydroxyl groups is 1. The summed E-state index contributed by atoms with van der Waals surface area (Å²) in [6, 6.07) is 0.604. The Kier molecular flexibility index (Phi) is 2.09. The van der Waals surface area contributed by atoms with Gasteiger partial charge in [-0.05, 0) is 32.1 Å². The summed E-state index contributed by atoms with van der Waals surface area (Å²) in [5.74, 6) is 0. The largest absolute Gasteiger partial charge is 0.393 e. The number of rotatable bonds is 1. The van der Waals surface area contributed by atoms with E-state index in [0.717, 1.165) is 25.8 Å². The molecule has 0 unspecified atom stereocenters. The molecule has 1 saturated heterocycles. The first-order chi connectivity index (χ1) is 5.77. The van der Waals surface area contributed by atoms with E-state index in [-0.39, 0.29) is 6.10 Å². The molecule has 1 saturated carbocycles. The number of hydrogen-bond donors (Lipinski definition) is 1. The van der Waals surface area contributed by atoms with Crippen LogP contribution < -0.4 is 0 Å². The Hall–Kier alpha value is -0.500. The smallest absolute Gasteiger partial charge is 0.0579 e. The molecule has 0 atom stereocenters. The van der Waals surface area contributed by atoms with Crippen LogP contribution in [0.3, 0.4) is 0 Å². The monoisotopic (exact) mass is 167 g/mol. The molecule has 2 aliphatic rings. The van der Waals surface area contributed by atoms with Gasteiger partial charge >= 0.3 is 0 Å². The molecular weight excluding hydrogens is 150 g/mol. The molecule has 2 rings (SSSR count). The minimum atomic E-state index is -0.0373. The summed E-state index contributed by atoms with van der Waals surface area (Å²) in [7, 11) is 0. The maximum absolute atomic E-state index is 9.18. The number of likely N-dealkylation sites (tertiary alicyclic amines) is 1. The van der Waals surface area contributed by atoms with Crippen LogP contribution in [-0.4, -0.2) is 28.7 Å². The van der Waals surface area contributed by atoms with Gasteiger partial charge in [-0.3, -0.25) is 0 Å². The van der Waals surface area contributed by atoms with E-state index in [4.69, 9.17) is 0 Å². The fourth-order valence-corrected chi connectivity index (χ4v) is 2.17. The van der Waals surface area contributed by atoms with Gasteiger partial charge in [-0.25, -0.2) is 0 Å². The molecule has 1 heterocycles. The minimum absolute atomic E-state index is 0.0373. The maximum Gasteiger partial charge on any atom is 0.0579 e. The molecule has 0 aromatic carbocycles. The third kappa shape index (κ3) is 1.36. The van der Waals surface area contributed by atoms with E-state index in [1.807, 2.05) is 0 Å². The zero-order valence-corrected chi connectivity index (χ0v) is 7.50. The molecule has 0 radical (unpaired) electrons. The van der Waals surface area contributed by atoms with Gasteiger partial charge in [0.25, 0.3) is 0 Å². The summed E-state index contributed by atoms with van der Waals surface area (Å²) in [5, 5.41) is 9.18. The van der Waals surface area contributed by atoms with Gasteiger partial charge in [0.15, 0.2) is 0 Å². The Morgan fingerprint density at radius 3 is 2.67 bits per heavy atom. The Balaban J connectivity index is 1.89. The van der Waals surface area contributed by atoms with Crippen molar-refractivity contribution in [2.24, 2.45) is 0 Å². The number of hydrogen-bond acceptors (Lipinski definition) is 2. The molecular formula is C10H17NO. The highest BCUT2D eigenvalue weighted by Crippen LogP contribution is 2.31. The normalized spacial score (nSPS) is 36.4. The van der Waals surface area contributed by atoms with Crippen molar-refractivity contribution in [1.29, 1.82) is 0 Å². The van der Waals surface area contributed by atoms with Gasteiger partial charge in [0.2, 0.25) is 0 Å². The molecule has 0 amide bonds. The SMILES string of the molecule is C=C1CCCCN1C1CC(O)C1. The standard InChI is InChI=1S/C10H17NO/c1-8-4-2-3-5-11(8)9-6-10(12)7-9/h9-10,12H,1-7H2. The Morgan fingerprint density at radius 2 is 2.08 bits per heavy atom. The predicted octanol–water partition coefficient (Wildman–Crippen LogP) is 1.51. The van der Waals surface area contributed by atoms with E-state index in [0.29, 0.717) is 6.04 Å². The van der Waals surface area contributed by atoms with Gasteiger partial charge in [-0.2, -0.15) is 0 Å². The van der Waals surface area contributed by atoms with Crippen LogP contribution in [0.5, 0.6) is 0 Å². The zero-order valence-electron chi connectivity index (χ0n) is 7.50. The average molecular weight is 167 g/mol. The first-order valence-corrected chi connectivity index (χ1v) is 4.90. The molecule has 1 aliphatic carbocycles. The molecule has 0 bridgehead atoms. The van der Waals surface area contributed by atoms with Crippen molar-refractivity contribution in [3.63, 3.8) is 0 Å². The fraction of sp³-hybridized carbons (Fsp3) is 0.800. The number of aliphatic hydroxyl groups excluding tert-OH is 1. The summed E-state index contributed by atoms with van der Waals surface area (Å²) in [5.41, 5.74) is 1.29. The Labute approximate surface area is 73.9 Å². The lowest BCUT2D eigenvalue weighted by atomic mass is 9.86. The van der Waals surface area contributed by atoms with E-state index < -0.39 is 0 Å². The van der Waals surface area contributed by atoms with Gasteiger partial charge < -0.3 is 10.0 Å². The molecule has 0 aromatic heterocycles. The number of allylic oxidation sites excluding steroid dienone is 1. The van der Waals surface area contributed by atoms with Crippen LogP contribution in [0.2, 0.25) is 0 Å². The number of nitrogens with zero attached hydrogens (tertiary/aromatic N) is 1. The second kappa shape index (κ2) is 3.09. The van der Waals surface area contributed by atoms with E-state index in [1.54, 1.807) is 0 Å².